The van der Waals surface area contributed by atoms with Crippen LogP contribution in [0.3, 0.4) is 0 Å². The van der Waals surface area contributed by atoms with Crippen molar-refractivity contribution in [2.24, 2.45) is 0 Å². The lowest BCUT2D eigenvalue weighted by Crippen LogP contribution is -2.31. The summed E-state index contributed by atoms with van der Waals surface area (Å²) in [4.78, 5) is 54.5. The van der Waals surface area contributed by atoms with Crippen molar-refractivity contribution >= 4 is 64.4 Å². The quantitative estimate of drug-likeness (QED) is 0.113. The summed E-state index contributed by atoms with van der Waals surface area (Å²) >= 11 is 7.14. The Labute approximate surface area is 290 Å². The molecule has 0 radical (unpaired) electrons. The summed E-state index contributed by atoms with van der Waals surface area (Å²) < 4.78 is 19.7. The molecule has 0 bridgehead atoms. The minimum Gasteiger partial charge on any atom is -0.457 e. The van der Waals surface area contributed by atoms with Gasteiger partial charge in [0, 0.05) is 27.6 Å². The van der Waals surface area contributed by atoms with Gasteiger partial charge in [-0.2, -0.15) is 0 Å². The average molecular weight is 692 g/mol. The van der Waals surface area contributed by atoms with E-state index < -0.39 is 22.9 Å². The molecule has 0 spiro atoms. The van der Waals surface area contributed by atoms with Crippen LogP contribution in [-0.2, 0) is 14.4 Å². The molecule has 4 amide bonds. The smallest absolute Gasteiger partial charge is 0.272 e. The van der Waals surface area contributed by atoms with Gasteiger partial charge < -0.3 is 15.4 Å². The Hall–Kier alpha value is -5.71. The van der Waals surface area contributed by atoms with Crippen LogP contribution in [0.5, 0.6) is 11.5 Å². The van der Waals surface area contributed by atoms with Crippen molar-refractivity contribution in [1.82, 2.24) is 5.32 Å². The summed E-state index contributed by atoms with van der Waals surface area (Å²) in [6, 6.07) is 34.3. The van der Waals surface area contributed by atoms with E-state index in [4.69, 9.17) is 16.3 Å². The second-order valence-corrected chi connectivity index (χ2v) is 12.6. The third-order valence-electron chi connectivity index (χ3n) is 7.31. The second kappa shape index (κ2) is 15.0. The van der Waals surface area contributed by atoms with Gasteiger partial charge in [-0.15, -0.1) is 11.8 Å². The Bertz CT molecular complexity index is 2060. The maximum atomic E-state index is 13.9. The van der Waals surface area contributed by atoms with Gasteiger partial charge in [0.2, 0.25) is 11.8 Å². The Balaban J connectivity index is 1.13. The second-order valence-electron chi connectivity index (χ2n) is 10.8. The molecule has 0 aromatic heterocycles. The number of benzene rings is 5. The molecule has 11 heteroatoms. The van der Waals surface area contributed by atoms with Gasteiger partial charge in [-0.1, -0.05) is 48.0 Å². The lowest BCUT2D eigenvalue weighted by atomic mass is 10.1. The molecule has 1 aliphatic heterocycles. The number of nitrogens with zero attached hydrogens (tertiary/aromatic N) is 1. The van der Waals surface area contributed by atoms with E-state index in [-0.39, 0.29) is 23.9 Å². The molecule has 1 unspecified atom stereocenters. The van der Waals surface area contributed by atoms with Gasteiger partial charge in [-0.25, -0.2) is 9.29 Å². The van der Waals surface area contributed by atoms with Gasteiger partial charge in [0.1, 0.15) is 23.0 Å². The van der Waals surface area contributed by atoms with Crippen LogP contribution in [0.2, 0.25) is 5.02 Å². The molecule has 5 aromatic rings. The first-order valence-corrected chi connectivity index (χ1v) is 16.3. The largest absolute Gasteiger partial charge is 0.457 e. The fourth-order valence-electron chi connectivity index (χ4n) is 4.98. The molecule has 1 heterocycles. The normalized spacial score (nSPS) is 14.4. The lowest BCUT2D eigenvalue weighted by molar-refractivity contribution is -0.121. The lowest BCUT2D eigenvalue weighted by Gasteiger charge is -2.16. The van der Waals surface area contributed by atoms with E-state index in [1.807, 2.05) is 0 Å². The SMILES string of the molecule is O=C(Nc1cccc(SC2CC(=O)N(c3ccc(Oc4ccc(Cl)cc4)cc3)C2=O)c1)/C(=C/c1cccc(F)c1)NC(=O)c1ccccc1. The van der Waals surface area contributed by atoms with Gasteiger partial charge >= 0.3 is 0 Å². The molecule has 8 nitrogen and oxygen atoms in total. The van der Waals surface area contributed by atoms with Gasteiger partial charge in [0.05, 0.1) is 10.9 Å². The molecule has 6 rings (SSSR count). The monoisotopic (exact) mass is 691 g/mol. The highest BCUT2D eigenvalue weighted by atomic mass is 35.5. The molecule has 1 aliphatic rings. The fourth-order valence-corrected chi connectivity index (χ4v) is 6.22. The van der Waals surface area contributed by atoms with Gasteiger partial charge in [-0.3, -0.25) is 19.2 Å². The van der Waals surface area contributed by atoms with E-state index in [9.17, 15) is 23.6 Å². The van der Waals surface area contributed by atoms with Crippen molar-refractivity contribution in [2.75, 3.05) is 10.2 Å². The molecule has 1 fully saturated rings. The van der Waals surface area contributed by atoms with Crippen LogP contribution in [0, 0.1) is 5.82 Å². The molecule has 244 valence electrons. The predicted octanol–water partition coefficient (Wildman–Crippen LogP) is 8.11. The Morgan fingerprint density at radius 3 is 2.24 bits per heavy atom. The maximum Gasteiger partial charge on any atom is 0.272 e. The van der Waals surface area contributed by atoms with Crippen LogP contribution in [0.15, 0.2) is 138 Å². The highest BCUT2D eigenvalue weighted by Gasteiger charge is 2.40. The van der Waals surface area contributed by atoms with Crippen molar-refractivity contribution in [3.63, 3.8) is 0 Å². The van der Waals surface area contributed by atoms with E-state index in [1.165, 1.54) is 36.0 Å². The predicted molar refractivity (Wildman–Crippen MR) is 188 cm³/mol. The third-order valence-corrected chi connectivity index (χ3v) is 8.74. The average Bonchev–Trinajstić information content (AvgIpc) is 3.37. The maximum absolute atomic E-state index is 13.9. The number of imide groups is 1. The van der Waals surface area contributed by atoms with E-state index in [2.05, 4.69) is 10.6 Å². The highest BCUT2D eigenvalue weighted by Crippen LogP contribution is 2.36. The molecular weight excluding hydrogens is 665 g/mol. The summed E-state index contributed by atoms with van der Waals surface area (Å²) in [5.74, 6) is -1.22. The Morgan fingerprint density at radius 1 is 0.837 bits per heavy atom. The summed E-state index contributed by atoms with van der Waals surface area (Å²) in [5.41, 5.74) is 1.43. The van der Waals surface area contributed by atoms with Crippen LogP contribution >= 0.6 is 23.4 Å². The number of rotatable bonds is 10. The van der Waals surface area contributed by atoms with Crippen molar-refractivity contribution in [3.05, 3.63) is 155 Å². The number of carbonyl (C=O) groups is 4. The zero-order valence-corrected chi connectivity index (χ0v) is 27.2. The number of nitrogens with one attached hydrogen (secondary N) is 2. The molecule has 5 aromatic carbocycles. The van der Waals surface area contributed by atoms with Crippen LogP contribution in [0.1, 0.15) is 22.3 Å². The van der Waals surface area contributed by atoms with Gasteiger partial charge in [0.25, 0.3) is 11.8 Å². The minimum absolute atomic E-state index is 0.00481. The molecule has 0 saturated carbocycles. The Morgan fingerprint density at radius 2 is 1.53 bits per heavy atom. The van der Waals surface area contributed by atoms with Crippen LogP contribution in [-0.4, -0.2) is 28.9 Å². The zero-order chi connectivity index (χ0) is 34.3. The Kier molecular flexibility index (Phi) is 10.2. The van der Waals surface area contributed by atoms with E-state index in [0.29, 0.717) is 43.9 Å². The molecule has 1 saturated heterocycles. The molecule has 1 atom stereocenters. The number of carbonyl (C=O) groups excluding carboxylic acids is 4. The fraction of sp³-hybridized carbons (Fsp3) is 0.0526. The molecule has 49 heavy (non-hydrogen) atoms. The number of ether oxygens (including phenoxy) is 1. The van der Waals surface area contributed by atoms with Crippen molar-refractivity contribution in [3.8, 4) is 11.5 Å². The summed E-state index contributed by atoms with van der Waals surface area (Å²) in [6.07, 6.45) is 1.38. The summed E-state index contributed by atoms with van der Waals surface area (Å²) in [5, 5.41) is 5.30. The molecular formula is C38H27ClFN3O5S. The standard InChI is InChI=1S/C38H27ClFN3O5S/c39-26-12-16-30(17-13-26)48-31-18-14-29(15-19-31)43-35(44)23-34(38(43)47)49-32-11-5-10-28(22-32)41-37(46)33(21-24-6-4-9-27(40)20-24)42-36(45)25-7-2-1-3-8-25/h1-22,34H,23H2,(H,41,46)(H,42,45)/b33-21-. The van der Waals surface area contributed by atoms with Crippen molar-refractivity contribution in [2.45, 2.75) is 16.6 Å². The zero-order valence-electron chi connectivity index (χ0n) is 25.6. The van der Waals surface area contributed by atoms with E-state index in [1.54, 1.807) is 109 Å². The van der Waals surface area contributed by atoms with Gasteiger partial charge in [-0.05, 0) is 103 Å². The summed E-state index contributed by atoms with van der Waals surface area (Å²) in [7, 11) is 0. The summed E-state index contributed by atoms with van der Waals surface area (Å²) in [6.45, 7) is 0. The van der Waals surface area contributed by atoms with Crippen LogP contribution < -0.4 is 20.3 Å². The minimum atomic E-state index is -0.683. The topological polar surface area (TPSA) is 105 Å². The van der Waals surface area contributed by atoms with E-state index in [0.717, 1.165) is 4.90 Å². The highest BCUT2D eigenvalue weighted by molar-refractivity contribution is 8.00. The number of hydrogen-bond donors (Lipinski definition) is 2. The number of halogens is 2. The van der Waals surface area contributed by atoms with Crippen LogP contribution in [0.25, 0.3) is 6.08 Å². The first-order chi connectivity index (χ1) is 23.7. The molecule has 2 N–H and O–H groups in total. The first-order valence-electron chi connectivity index (χ1n) is 15.0. The number of hydrogen-bond acceptors (Lipinski definition) is 6. The van der Waals surface area contributed by atoms with Crippen molar-refractivity contribution < 1.29 is 28.3 Å². The number of anilines is 2. The van der Waals surface area contributed by atoms with E-state index >= 15 is 0 Å². The molecule has 0 aliphatic carbocycles. The first kappa shape index (κ1) is 33.2. The van der Waals surface area contributed by atoms with Gasteiger partial charge in [0.15, 0.2) is 0 Å². The number of thioether (sulfide) groups is 1. The third kappa shape index (κ3) is 8.42. The number of amides is 4. The van der Waals surface area contributed by atoms with Crippen LogP contribution in [0.4, 0.5) is 15.8 Å². The van der Waals surface area contributed by atoms with Crippen molar-refractivity contribution in [1.29, 1.82) is 0 Å².